The highest BCUT2D eigenvalue weighted by molar-refractivity contribution is 6.01. The minimum atomic E-state index is -0.562. The van der Waals surface area contributed by atoms with Crippen molar-refractivity contribution in [1.29, 1.82) is 0 Å². The van der Waals surface area contributed by atoms with Crippen molar-refractivity contribution in [3.63, 3.8) is 0 Å². The molecule has 0 aromatic heterocycles. The summed E-state index contributed by atoms with van der Waals surface area (Å²) >= 11 is 0. The summed E-state index contributed by atoms with van der Waals surface area (Å²) in [5.74, 6) is -1.06. The number of unbranched alkanes of at least 4 members (excludes halogenated alkanes) is 1. The smallest absolute Gasteiger partial charge is 0.254 e. The molecule has 166 valence electrons. The van der Waals surface area contributed by atoms with Gasteiger partial charge in [-0.1, -0.05) is 43.7 Å². The molecule has 0 aliphatic carbocycles. The number of methoxy groups -OCH3 is 1. The van der Waals surface area contributed by atoms with Crippen molar-refractivity contribution in [1.82, 2.24) is 9.80 Å². The van der Waals surface area contributed by atoms with Crippen molar-refractivity contribution in [2.75, 3.05) is 33.4 Å². The van der Waals surface area contributed by atoms with Crippen molar-refractivity contribution in [3.8, 4) is 0 Å². The van der Waals surface area contributed by atoms with E-state index in [0.29, 0.717) is 31.8 Å². The molecule has 6 heteroatoms. The number of hydrogen-bond acceptors (Lipinski definition) is 3. The molecule has 0 N–H and O–H groups in total. The minimum absolute atomic E-state index is 0.00681. The minimum Gasteiger partial charge on any atom is -0.383 e. The largest absolute Gasteiger partial charge is 0.383 e. The molecule has 2 aromatic rings. The average Bonchev–Trinajstić information content (AvgIpc) is 2.79. The lowest BCUT2D eigenvalue weighted by molar-refractivity contribution is -0.134. The number of hydrogen-bond donors (Lipinski definition) is 0. The van der Waals surface area contributed by atoms with Gasteiger partial charge in [-0.2, -0.15) is 0 Å². The van der Waals surface area contributed by atoms with Gasteiger partial charge in [0.2, 0.25) is 5.91 Å². The maximum Gasteiger partial charge on any atom is 0.254 e. The molecule has 1 heterocycles. The molecule has 0 spiro atoms. The Kier molecular flexibility index (Phi) is 7.80. The maximum atomic E-state index is 13.9. The summed E-state index contributed by atoms with van der Waals surface area (Å²) in [7, 11) is 1.58. The summed E-state index contributed by atoms with van der Waals surface area (Å²) in [6.45, 7) is 6.03. The summed E-state index contributed by atoms with van der Waals surface area (Å²) in [5, 5.41) is 0. The van der Waals surface area contributed by atoms with Crippen LogP contribution in [0.5, 0.6) is 0 Å². The van der Waals surface area contributed by atoms with Crippen LogP contribution in [-0.2, 0) is 9.53 Å². The van der Waals surface area contributed by atoms with Crippen LogP contribution in [0.15, 0.2) is 48.5 Å². The van der Waals surface area contributed by atoms with Gasteiger partial charge in [-0.15, -0.1) is 0 Å². The normalized spacial score (nSPS) is 18.1. The molecule has 0 saturated carbocycles. The predicted molar refractivity (Wildman–Crippen MR) is 118 cm³/mol. The Labute approximate surface area is 183 Å². The van der Waals surface area contributed by atoms with Crippen LogP contribution in [0.3, 0.4) is 0 Å². The van der Waals surface area contributed by atoms with E-state index < -0.39 is 12.0 Å². The van der Waals surface area contributed by atoms with Crippen LogP contribution in [0, 0.1) is 5.82 Å². The summed E-state index contributed by atoms with van der Waals surface area (Å²) in [4.78, 5) is 30.9. The zero-order chi connectivity index (χ0) is 22.4. The Bertz CT molecular complexity index is 900. The maximum absolute atomic E-state index is 13.9. The molecule has 2 amide bonds. The van der Waals surface area contributed by atoms with Gasteiger partial charge in [0.1, 0.15) is 5.82 Å². The number of amides is 2. The summed E-state index contributed by atoms with van der Waals surface area (Å²) in [6, 6.07) is 12.9. The standard InChI is InChI=1S/C25H31FN2O3/c1-4-6-15-27(5-2)25(30)22-20-9-7-8-10-21(20)24(29)28(16-17-31-3)23(22)18-11-13-19(26)14-12-18/h7-14,22-23H,4-6,15-17H2,1-3H3/t22-,23-/m0/s1. The van der Waals surface area contributed by atoms with E-state index in [9.17, 15) is 14.0 Å². The third kappa shape index (κ3) is 4.79. The molecule has 31 heavy (non-hydrogen) atoms. The van der Waals surface area contributed by atoms with E-state index >= 15 is 0 Å². The molecule has 1 aliphatic rings. The predicted octanol–water partition coefficient (Wildman–Crippen LogP) is 4.40. The van der Waals surface area contributed by atoms with Gasteiger partial charge < -0.3 is 14.5 Å². The molecular formula is C25H31FN2O3. The summed E-state index contributed by atoms with van der Waals surface area (Å²) in [6.07, 6.45) is 1.91. The van der Waals surface area contributed by atoms with Crippen molar-refractivity contribution >= 4 is 11.8 Å². The van der Waals surface area contributed by atoms with Gasteiger partial charge in [-0.3, -0.25) is 9.59 Å². The van der Waals surface area contributed by atoms with Gasteiger partial charge in [-0.05, 0) is 42.7 Å². The van der Waals surface area contributed by atoms with Gasteiger partial charge in [0, 0.05) is 32.3 Å². The highest BCUT2D eigenvalue weighted by Gasteiger charge is 2.45. The number of fused-ring (bicyclic) bond motifs is 1. The second-order valence-electron chi connectivity index (χ2n) is 7.82. The second-order valence-corrected chi connectivity index (χ2v) is 7.82. The van der Waals surface area contributed by atoms with Gasteiger partial charge in [0.15, 0.2) is 0 Å². The lowest BCUT2D eigenvalue weighted by Gasteiger charge is -2.43. The molecule has 2 aromatic carbocycles. The number of ether oxygens (including phenoxy) is 1. The Balaban J connectivity index is 2.15. The van der Waals surface area contributed by atoms with Crippen LogP contribution in [0.4, 0.5) is 4.39 Å². The molecule has 1 aliphatic heterocycles. The Morgan fingerprint density at radius 2 is 1.84 bits per heavy atom. The Hall–Kier alpha value is -2.73. The fourth-order valence-corrected chi connectivity index (χ4v) is 4.29. The summed E-state index contributed by atoms with van der Waals surface area (Å²) in [5.41, 5.74) is 2.02. The molecule has 0 saturated heterocycles. The van der Waals surface area contributed by atoms with Crippen LogP contribution in [0.25, 0.3) is 0 Å². The number of benzene rings is 2. The van der Waals surface area contributed by atoms with Gasteiger partial charge in [-0.25, -0.2) is 4.39 Å². The Morgan fingerprint density at radius 1 is 1.13 bits per heavy atom. The van der Waals surface area contributed by atoms with Crippen molar-refractivity contribution < 1.29 is 18.7 Å². The van der Waals surface area contributed by atoms with E-state index in [4.69, 9.17) is 4.74 Å². The highest BCUT2D eigenvalue weighted by atomic mass is 19.1. The highest BCUT2D eigenvalue weighted by Crippen LogP contribution is 2.43. The average molecular weight is 427 g/mol. The number of carbonyl (C=O) groups is 2. The number of halogens is 1. The van der Waals surface area contributed by atoms with Crippen molar-refractivity contribution in [2.24, 2.45) is 0 Å². The first-order chi connectivity index (χ1) is 15.0. The molecule has 5 nitrogen and oxygen atoms in total. The third-order valence-electron chi connectivity index (χ3n) is 5.93. The van der Waals surface area contributed by atoms with Crippen LogP contribution in [0.2, 0.25) is 0 Å². The Morgan fingerprint density at radius 3 is 2.48 bits per heavy atom. The van der Waals surface area contributed by atoms with E-state index in [-0.39, 0.29) is 17.6 Å². The van der Waals surface area contributed by atoms with Crippen LogP contribution in [-0.4, -0.2) is 55.0 Å². The molecule has 2 atom stereocenters. The third-order valence-corrected chi connectivity index (χ3v) is 5.93. The van der Waals surface area contributed by atoms with E-state index in [1.165, 1.54) is 12.1 Å². The van der Waals surface area contributed by atoms with Gasteiger partial charge in [0.25, 0.3) is 5.91 Å². The van der Waals surface area contributed by atoms with Crippen molar-refractivity contribution in [2.45, 2.75) is 38.6 Å². The first-order valence-corrected chi connectivity index (χ1v) is 11.0. The second kappa shape index (κ2) is 10.5. The SMILES string of the molecule is CCCCN(CC)C(=O)[C@H]1c2ccccc2C(=O)N(CCOC)[C@H]1c1ccc(F)cc1. The lowest BCUT2D eigenvalue weighted by Crippen LogP contribution is -2.49. The summed E-state index contributed by atoms with van der Waals surface area (Å²) < 4.78 is 18.9. The van der Waals surface area contributed by atoms with Gasteiger partial charge >= 0.3 is 0 Å². The number of carbonyl (C=O) groups excluding carboxylic acids is 2. The monoisotopic (exact) mass is 426 g/mol. The van der Waals surface area contributed by atoms with E-state index in [1.54, 1.807) is 30.2 Å². The van der Waals surface area contributed by atoms with Crippen LogP contribution < -0.4 is 0 Å². The van der Waals surface area contributed by atoms with E-state index in [1.807, 2.05) is 30.0 Å². The van der Waals surface area contributed by atoms with E-state index in [2.05, 4.69) is 6.92 Å². The molecule has 0 unspecified atom stereocenters. The van der Waals surface area contributed by atoms with Crippen LogP contribution in [0.1, 0.15) is 60.1 Å². The van der Waals surface area contributed by atoms with Gasteiger partial charge in [0.05, 0.1) is 18.6 Å². The van der Waals surface area contributed by atoms with Crippen molar-refractivity contribution in [3.05, 3.63) is 71.0 Å². The van der Waals surface area contributed by atoms with Crippen LogP contribution >= 0.6 is 0 Å². The zero-order valence-corrected chi connectivity index (χ0v) is 18.5. The topological polar surface area (TPSA) is 49.9 Å². The quantitative estimate of drug-likeness (QED) is 0.597. The molecule has 0 bridgehead atoms. The first kappa shape index (κ1) is 22.9. The zero-order valence-electron chi connectivity index (χ0n) is 18.5. The van der Waals surface area contributed by atoms with E-state index in [0.717, 1.165) is 24.0 Å². The fourth-order valence-electron chi connectivity index (χ4n) is 4.29. The number of rotatable bonds is 9. The fraction of sp³-hybridized carbons (Fsp3) is 0.440. The molecule has 0 radical (unpaired) electrons. The lowest BCUT2D eigenvalue weighted by atomic mass is 9.78. The first-order valence-electron chi connectivity index (χ1n) is 11.0. The number of likely N-dealkylation sites (N-methyl/N-ethyl adjacent to an activating group) is 1. The molecule has 3 rings (SSSR count). The molecule has 0 fully saturated rings. The molecular weight excluding hydrogens is 395 g/mol. The number of nitrogens with zero attached hydrogens (tertiary/aromatic N) is 2.